The zero-order valence-corrected chi connectivity index (χ0v) is 20.9. The van der Waals surface area contributed by atoms with Crippen LogP contribution in [0.15, 0.2) is 53.5 Å². The molecule has 2 aromatic rings. The van der Waals surface area contributed by atoms with Gasteiger partial charge in [-0.2, -0.15) is 4.99 Å². The molecular formula is C28H40N2O2. The van der Waals surface area contributed by atoms with Crippen LogP contribution < -0.4 is 9.47 Å². The molecule has 4 nitrogen and oxygen atoms in total. The van der Waals surface area contributed by atoms with E-state index in [1.165, 1.54) is 0 Å². The molecule has 0 aliphatic rings. The number of hydrogen-bond donors (Lipinski definition) is 1. The predicted molar refractivity (Wildman–Crippen MR) is 134 cm³/mol. The number of ether oxygens (including phenoxy) is 2. The highest BCUT2D eigenvalue weighted by atomic mass is 16.5. The maximum absolute atomic E-state index is 7.21. The van der Waals surface area contributed by atoms with E-state index in [2.05, 4.69) is 65.5 Å². The van der Waals surface area contributed by atoms with Gasteiger partial charge in [0.1, 0.15) is 17.2 Å². The lowest BCUT2D eigenvalue weighted by molar-refractivity contribution is 0.0371. The number of aryl methyl sites for hydroxylation is 1. The van der Waals surface area contributed by atoms with Gasteiger partial charge < -0.3 is 9.47 Å². The second kappa shape index (κ2) is 11.3. The van der Waals surface area contributed by atoms with Crippen LogP contribution in [0.4, 0.5) is 5.69 Å². The van der Waals surface area contributed by atoms with Gasteiger partial charge in [-0.05, 0) is 53.9 Å². The number of hydrogen-bond acceptors (Lipinski definition) is 4. The zero-order chi connectivity index (χ0) is 23.8. The molecule has 32 heavy (non-hydrogen) atoms. The minimum absolute atomic E-state index is 0.0994. The molecule has 0 fully saturated rings. The maximum Gasteiger partial charge on any atom is 0.145 e. The van der Waals surface area contributed by atoms with E-state index in [0.29, 0.717) is 30.6 Å². The van der Waals surface area contributed by atoms with Crippen LogP contribution in [0, 0.1) is 35.0 Å². The molecule has 4 heteroatoms. The van der Waals surface area contributed by atoms with E-state index < -0.39 is 0 Å². The van der Waals surface area contributed by atoms with Crippen molar-refractivity contribution in [2.45, 2.75) is 61.3 Å². The molecule has 0 heterocycles. The van der Waals surface area contributed by atoms with Gasteiger partial charge >= 0.3 is 0 Å². The van der Waals surface area contributed by atoms with Crippen molar-refractivity contribution in [3.8, 4) is 11.5 Å². The van der Waals surface area contributed by atoms with Crippen LogP contribution in [0.25, 0.3) is 0 Å². The van der Waals surface area contributed by atoms with Crippen molar-refractivity contribution >= 4 is 11.7 Å². The Morgan fingerprint density at radius 1 is 0.906 bits per heavy atom. The summed E-state index contributed by atoms with van der Waals surface area (Å²) in [6, 6.07) is 17.8. The van der Waals surface area contributed by atoms with Crippen molar-refractivity contribution in [1.82, 2.24) is 0 Å². The van der Waals surface area contributed by atoms with Crippen molar-refractivity contribution in [3.05, 3.63) is 54.1 Å². The van der Waals surface area contributed by atoms with Crippen LogP contribution in [0.2, 0.25) is 0 Å². The smallest absolute Gasteiger partial charge is 0.145 e. The summed E-state index contributed by atoms with van der Waals surface area (Å²) in [6.07, 6.45) is 2.22. The van der Waals surface area contributed by atoms with Gasteiger partial charge in [0.2, 0.25) is 0 Å². The number of aliphatic imine (C=N–C) groups is 1. The Morgan fingerprint density at radius 2 is 1.47 bits per heavy atom. The van der Waals surface area contributed by atoms with Crippen molar-refractivity contribution in [3.63, 3.8) is 0 Å². The fourth-order valence-electron chi connectivity index (χ4n) is 4.04. The maximum atomic E-state index is 7.21. The number of nitrogens with zero attached hydrogens (tertiary/aromatic N) is 1. The average Bonchev–Trinajstić information content (AvgIpc) is 2.74. The largest absolute Gasteiger partial charge is 0.493 e. The molecule has 2 atom stereocenters. The van der Waals surface area contributed by atoms with Crippen LogP contribution in [0.1, 0.15) is 59.9 Å². The van der Waals surface area contributed by atoms with E-state index in [9.17, 15) is 0 Å². The Balaban J connectivity index is 2.32. The Morgan fingerprint density at radius 3 is 2.03 bits per heavy atom. The highest BCUT2D eigenvalue weighted by molar-refractivity contribution is 5.57. The Labute approximate surface area is 194 Å². The predicted octanol–water partition coefficient (Wildman–Crippen LogP) is 7.94. The van der Waals surface area contributed by atoms with Crippen LogP contribution in [0.3, 0.4) is 0 Å². The molecule has 0 aromatic heterocycles. The summed E-state index contributed by atoms with van der Waals surface area (Å²) in [6.45, 7) is 17.1. The van der Waals surface area contributed by atoms with E-state index in [1.807, 2.05) is 42.5 Å². The first kappa shape index (κ1) is 25.7. The van der Waals surface area contributed by atoms with Gasteiger partial charge in [0.25, 0.3) is 0 Å². The highest BCUT2D eigenvalue weighted by Crippen LogP contribution is 2.43. The first-order valence-corrected chi connectivity index (χ1v) is 11.6. The van der Waals surface area contributed by atoms with Crippen molar-refractivity contribution in [1.29, 1.82) is 5.41 Å². The molecule has 0 aliphatic heterocycles. The van der Waals surface area contributed by atoms with Crippen LogP contribution in [0.5, 0.6) is 11.5 Å². The molecular weight excluding hydrogens is 396 g/mol. The molecule has 174 valence electrons. The van der Waals surface area contributed by atoms with Crippen molar-refractivity contribution in [2.24, 2.45) is 27.7 Å². The number of nitrogens with one attached hydrogen (secondary N) is 1. The Bertz CT molecular complexity index is 908. The second-order valence-corrected chi connectivity index (χ2v) is 10.5. The molecule has 1 N–H and O–H groups in total. The molecule has 0 spiro atoms. The molecule has 0 saturated carbocycles. The summed E-state index contributed by atoms with van der Waals surface area (Å²) in [5.74, 6) is 2.20. The van der Waals surface area contributed by atoms with Gasteiger partial charge in [-0.25, -0.2) is 5.41 Å². The molecule has 2 unspecified atom stereocenters. The van der Waals surface area contributed by atoms with E-state index in [0.717, 1.165) is 24.2 Å². The van der Waals surface area contributed by atoms with E-state index in [1.54, 1.807) is 0 Å². The lowest BCUT2D eigenvalue weighted by Gasteiger charge is -2.41. The topological polar surface area (TPSA) is 54.7 Å². The van der Waals surface area contributed by atoms with Gasteiger partial charge in [0, 0.05) is 5.92 Å². The Kier molecular flexibility index (Phi) is 9.09. The molecule has 0 saturated heterocycles. The monoisotopic (exact) mass is 436 g/mol. The molecule has 0 bridgehead atoms. The van der Waals surface area contributed by atoms with Crippen LogP contribution in [-0.2, 0) is 0 Å². The summed E-state index contributed by atoms with van der Waals surface area (Å²) >= 11 is 0. The summed E-state index contributed by atoms with van der Waals surface area (Å²) in [7, 11) is 0. The fourth-order valence-corrected chi connectivity index (χ4v) is 4.04. The molecule has 0 aliphatic carbocycles. The SMILES string of the molecule is CCC(C)(C)CC(C(COc1ccccc1C)COc1ccccc1N=C=N)C(C)(C)C. The molecule has 2 rings (SSSR count). The minimum Gasteiger partial charge on any atom is -0.493 e. The van der Waals surface area contributed by atoms with E-state index >= 15 is 0 Å². The van der Waals surface area contributed by atoms with Crippen molar-refractivity contribution < 1.29 is 9.47 Å². The third kappa shape index (κ3) is 7.53. The quantitative estimate of drug-likeness (QED) is 0.363. The molecule has 0 radical (unpaired) electrons. The Hall–Kier alpha value is -2.58. The molecule has 2 aromatic carbocycles. The summed E-state index contributed by atoms with van der Waals surface area (Å²) in [5, 5.41) is 7.21. The van der Waals surface area contributed by atoms with Gasteiger partial charge in [-0.3, -0.25) is 0 Å². The number of rotatable bonds is 11. The lowest BCUT2D eigenvalue weighted by atomic mass is 9.66. The van der Waals surface area contributed by atoms with Gasteiger partial charge in [0.15, 0.2) is 0 Å². The standard InChI is InChI=1S/C28H40N2O2/c1-8-28(6,7)17-23(27(3,4)5)22(18-31-25-15-11-9-13-21(25)2)19-32-26-16-12-10-14-24(26)30-20-29/h9-16,22-23,29H,8,17-19H2,1-7H3. The van der Waals surface area contributed by atoms with Gasteiger partial charge in [-0.1, -0.05) is 78.3 Å². The normalized spacial score (nSPS) is 13.7. The van der Waals surface area contributed by atoms with Gasteiger partial charge in [-0.15, -0.1) is 0 Å². The third-order valence-electron chi connectivity index (χ3n) is 6.45. The van der Waals surface area contributed by atoms with Crippen LogP contribution >= 0.6 is 0 Å². The zero-order valence-electron chi connectivity index (χ0n) is 20.9. The average molecular weight is 437 g/mol. The van der Waals surface area contributed by atoms with E-state index in [-0.39, 0.29) is 16.7 Å². The lowest BCUT2D eigenvalue weighted by Crippen LogP contribution is -2.38. The second-order valence-electron chi connectivity index (χ2n) is 10.5. The first-order valence-electron chi connectivity index (χ1n) is 11.6. The van der Waals surface area contributed by atoms with Crippen molar-refractivity contribution in [2.75, 3.05) is 13.2 Å². The van der Waals surface area contributed by atoms with Gasteiger partial charge in [0.05, 0.1) is 19.2 Å². The minimum atomic E-state index is 0.0994. The summed E-state index contributed by atoms with van der Waals surface area (Å²) in [4.78, 5) is 4.02. The highest BCUT2D eigenvalue weighted by Gasteiger charge is 2.37. The summed E-state index contributed by atoms with van der Waals surface area (Å²) < 4.78 is 12.6. The van der Waals surface area contributed by atoms with E-state index in [4.69, 9.17) is 14.9 Å². The summed E-state index contributed by atoms with van der Waals surface area (Å²) in [5.41, 5.74) is 2.10. The first-order chi connectivity index (χ1) is 15.1. The molecule has 0 amide bonds. The number of benzene rings is 2. The number of para-hydroxylation sites is 3. The third-order valence-corrected chi connectivity index (χ3v) is 6.45. The van der Waals surface area contributed by atoms with Crippen LogP contribution in [-0.4, -0.2) is 19.2 Å². The fraction of sp³-hybridized carbons (Fsp3) is 0.536.